The third-order valence-corrected chi connectivity index (χ3v) is 5.50. The highest BCUT2D eigenvalue weighted by atomic mass is 35.5. The van der Waals surface area contributed by atoms with Gasteiger partial charge in [-0.25, -0.2) is 9.78 Å². The number of fused-ring (bicyclic) bond motifs is 1. The number of pyridine rings is 1. The molecule has 0 fully saturated rings. The van der Waals surface area contributed by atoms with E-state index in [2.05, 4.69) is 21.2 Å². The minimum absolute atomic E-state index is 0.00686. The summed E-state index contributed by atoms with van der Waals surface area (Å²) in [6.07, 6.45) is 3.26. The largest absolute Gasteiger partial charge is 0.476 e. The summed E-state index contributed by atoms with van der Waals surface area (Å²) in [6.45, 7) is 2.90. The van der Waals surface area contributed by atoms with Gasteiger partial charge in [0.2, 0.25) is 0 Å². The Labute approximate surface area is 208 Å². The zero-order valence-electron chi connectivity index (χ0n) is 19.2. The number of anilines is 1. The van der Waals surface area contributed by atoms with Gasteiger partial charge >= 0.3 is 12.1 Å². The number of carbonyl (C=O) groups is 1. The number of aromatic carboxylic acids is 1. The normalized spacial score (nSPS) is 13.1. The van der Waals surface area contributed by atoms with Crippen molar-refractivity contribution in [2.24, 2.45) is 4.99 Å². The lowest BCUT2D eigenvalue weighted by Gasteiger charge is -2.20. The van der Waals surface area contributed by atoms with E-state index in [0.717, 1.165) is 12.1 Å². The summed E-state index contributed by atoms with van der Waals surface area (Å²) in [5, 5.41) is 11.9. The Hall–Kier alpha value is -4.10. The molecule has 0 bridgehead atoms. The molecule has 3 rings (SSSR count). The zero-order valence-corrected chi connectivity index (χ0v) is 20.0. The Morgan fingerprint density at radius 3 is 2.64 bits per heavy atom. The van der Waals surface area contributed by atoms with Crippen molar-refractivity contribution in [2.75, 3.05) is 12.4 Å². The molecule has 0 spiro atoms. The third kappa shape index (κ3) is 5.26. The van der Waals surface area contributed by atoms with Crippen molar-refractivity contribution >= 4 is 39.9 Å². The summed E-state index contributed by atoms with van der Waals surface area (Å²) < 4.78 is 47.2. The highest BCUT2D eigenvalue weighted by molar-refractivity contribution is 6.29. The number of halogens is 4. The standard InChI is InChI=1S/C25H19ClF3N3O4/c1-5-6-7-18(30-4)22-12(2)21(33)16-11-14(25(27,28)29)10-15(23(16)36-22)13(3)31-17-8-9-19(26)32-20(17)24(34)35/h1,6-11,13,31H,2-4H3,(H,34,35)/b7-6-,30-18?. The number of rotatable bonds is 6. The second-order valence-electron chi connectivity index (χ2n) is 7.64. The maximum Gasteiger partial charge on any atom is 0.416 e. The van der Waals surface area contributed by atoms with Crippen LogP contribution in [-0.2, 0) is 6.18 Å². The molecule has 7 nitrogen and oxygen atoms in total. The summed E-state index contributed by atoms with van der Waals surface area (Å²) >= 11 is 5.79. The molecule has 2 aromatic heterocycles. The first-order chi connectivity index (χ1) is 16.9. The fourth-order valence-electron chi connectivity index (χ4n) is 3.55. The number of hydrogen-bond donors (Lipinski definition) is 2. The molecule has 1 atom stereocenters. The van der Waals surface area contributed by atoms with Gasteiger partial charge in [-0.2, -0.15) is 13.2 Å². The smallest absolute Gasteiger partial charge is 0.416 e. The second-order valence-corrected chi connectivity index (χ2v) is 8.02. The number of hydrogen-bond acceptors (Lipinski definition) is 6. The van der Waals surface area contributed by atoms with Crippen molar-refractivity contribution in [3.05, 3.63) is 79.9 Å². The van der Waals surface area contributed by atoms with Gasteiger partial charge in [0.05, 0.1) is 22.7 Å². The average molecular weight is 518 g/mol. The van der Waals surface area contributed by atoms with Crippen LogP contribution in [-0.4, -0.2) is 28.8 Å². The quantitative estimate of drug-likeness (QED) is 0.249. The lowest BCUT2D eigenvalue weighted by Crippen LogP contribution is -2.18. The molecule has 0 saturated carbocycles. The van der Waals surface area contributed by atoms with Crippen LogP contribution in [0.15, 0.2) is 50.6 Å². The van der Waals surface area contributed by atoms with Gasteiger partial charge in [-0.1, -0.05) is 17.5 Å². The van der Waals surface area contributed by atoms with E-state index in [4.69, 9.17) is 22.4 Å². The van der Waals surface area contributed by atoms with Crippen LogP contribution >= 0.6 is 11.6 Å². The summed E-state index contributed by atoms with van der Waals surface area (Å²) in [4.78, 5) is 32.6. The third-order valence-electron chi connectivity index (χ3n) is 5.29. The number of alkyl halides is 3. The molecule has 0 aliphatic carbocycles. The first-order valence-electron chi connectivity index (χ1n) is 10.3. The lowest BCUT2D eigenvalue weighted by molar-refractivity contribution is -0.137. The minimum atomic E-state index is -4.76. The van der Waals surface area contributed by atoms with E-state index in [0.29, 0.717) is 0 Å². The number of aliphatic imine (C=N–C) groups is 1. The Kier molecular flexibility index (Phi) is 7.55. The second kappa shape index (κ2) is 10.3. The molecule has 2 N–H and O–H groups in total. The summed E-state index contributed by atoms with van der Waals surface area (Å²) in [7, 11) is 1.44. The van der Waals surface area contributed by atoms with Gasteiger partial charge in [-0.15, -0.1) is 6.42 Å². The van der Waals surface area contributed by atoms with Crippen LogP contribution in [0.5, 0.6) is 0 Å². The van der Waals surface area contributed by atoms with Crippen LogP contribution in [0.3, 0.4) is 0 Å². The van der Waals surface area contributed by atoms with Crippen LogP contribution in [0.4, 0.5) is 18.9 Å². The van der Waals surface area contributed by atoms with Gasteiger partial charge in [0.1, 0.15) is 16.4 Å². The Balaban J connectivity index is 2.31. The molecule has 1 aromatic carbocycles. The molecular weight excluding hydrogens is 499 g/mol. The molecule has 0 saturated heterocycles. The molecule has 11 heteroatoms. The van der Waals surface area contributed by atoms with Gasteiger partial charge in [-0.3, -0.25) is 9.79 Å². The lowest BCUT2D eigenvalue weighted by atomic mass is 9.98. The minimum Gasteiger partial charge on any atom is -0.476 e. The molecule has 186 valence electrons. The highest BCUT2D eigenvalue weighted by Crippen LogP contribution is 2.36. The maximum absolute atomic E-state index is 13.7. The van der Waals surface area contributed by atoms with Crippen LogP contribution in [0, 0.1) is 19.3 Å². The maximum atomic E-state index is 13.7. The van der Waals surface area contributed by atoms with Crippen LogP contribution in [0.2, 0.25) is 5.15 Å². The van der Waals surface area contributed by atoms with Crippen LogP contribution in [0.1, 0.15) is 45.9 Å². The Bertz CT molecular complexity index is 1520. The first-order valence-corrected chi connectivity index (χ1v) is 10.7. The Morgan fingerprint density at radius 1 is 1.36 bits per heavy atom. The van der Waals surface area contributed by atoms with Gasteiger partial charge in [0.25, 0.3) is 0 Å². The number of nitrogens with one attached hydrogen (secondary N) is 1. The molecule has 0 amide bonds. The predicted octanol–water partition coefficient (Wildman–Crippen LogP) is 5.65. The molecule has 0 aliphatic rings. The summed E-state index contributed by atoms with van der Waals surface area (Å²) in [5.74, 6) is 0.936. The first kappa shape index (κ1) is 26.5. The predicted molar refractivity (Wildman–Crippen MR) is 131 cm³/mol. The monoisotopic (exact) mass is 517 g/mol. The highest BCUT2D eigenvalue weighted by Gasteiger charge is 2.33. The van der Waals surface area contributed by atoms with E-state index in [9.17, 15) is 27.9 Å². The van der Waals surface area contributed by atoms with Crippen molar-refractivity contribution < 1.29 is 27.5 Å². The molecule has 36 heavy (non-hydrogen) atoms. The topological polar surface area (TPSA) is 105 Å². The number of terminal acetylenes is 1. The van der Waals surface area contributed by atoms with Crippen molar-refractivity contribution in [1.82, 2.24) is 4.98 Å². The van der Waals surface area contributed by atoms with E-state index >= 15 is 0 Å². The number of carboxylic acids is 1. The molecular formula is C25H19ClF3N3O4. The van der Waals surface area contributed by atoms with E-state index in [-0.39, 0.29) is 44.4 Å². The SMILES string of the molecule is C#C/C=C\C(=NC)c1oc2c(C(C)Nc3ccc(Cl)nc3C(=O)O)cc(C(F)(F)F)cc2c(=O)c1C. The molecule has 3 aromatic rings. The van der Waals surface area contributed by atoms with Gasteiger partial charge in [0.15, 0.2) is 16.9 Å². The van der Waals surface area contributed by atoms with Crippen molar-refractivity contribution in [2.45, 2.75) is 26.1 Å². The van der Waals surface area contributed by atoms with Gasteiger partial charge < -0.3 is 14.8 Å². The van der Waals surface area contributed by atoms with E-state index in [1.54, 1.807) is 0 Å². The number of aromatic nitrogens is 1. The van der Waals surface area contributed by atoms with Crippen molar-refractivity contribution in [3.63, 3.8) is 0 Å². The van der Waals surface area contributed by atoms with Gasteiger partial charge in [0, 0.05) is 18.2 Å². The molecule has 1 unspecified atom stereocenters. The summed E-state index contributed by atoms with van der Waals surface area (Å²) in [5.41, 5.74) is -2.07. The van der Waals surface area contributed by atoms with E-state index in [1.165, 1.54) is 45.2 Å². The number of nitrogens with zero attached hydrogens (tertiary/aromatic N) is 2. The summed E-state index contributed by atoms with van der Waals surface area (Å²) in [6, 6.07) is 3.27. The van der Waals surface area contributed by atoms with E-state index < -0.39 is 34.9 Å². The number of carboxylic acid groups (broad SMARTS) is 1. The fourth-order valence-corrected chi connectivity index (χ4v) is 3.70. The molecule has 0 aliphatic heterocycles. The molecule has 0 radical (unpaired) electrons. The van der Waals surface area contributed by atoms with Gasteiger partial charge in [-0.05, 0) is 50.3 Å². The number of benzene rings is 1. The number of allylic oxidation sites excluding steroid dienone is 2. The van der Waals surface area contributed by atoms with Crippen LogP contribution < -0.4 is 10.7 Å². The van der Waals surface area contributed by atoms with Crippen LogP contribution in [0.25, 0.3) is 11.0 Å². The average Bonchev–Trinajstić information content (AvgIpc) is 2.82. The zero-order chi connectivity index (χ0) is 26.8. The van der Waals surface area contributed by atoms with Crippen molar-refractivity contribution in [1.29, 1.82) is 0 Å². The fraction of sp³-hybridized carbons (Fsp3) is 0.200. The van der Waals surface area contributed by atoms with Crippen molar-refractivity contribution in [3.8, 4) is 12.3 Å². The van der Waals surface area contributed by atoms with E-state index in [1.807, 2.05) is 0 Å². The molecule has 2 heterocycles. The Morgan fingerprint density at radius 2 is 2.06 bits per heavy atom.